The van der Waals surface area contributed by atoms with Crippen molar-refractivity contribution >= 4 is 0 Å². The minimum absolute atomic E-state index is 0.680. The highest BCUT2D eigenvalue weighted by atomic mass is 15.1. The topological polar surface area (TPSA) is 19.4 Å². The monoisotopic (exact) mass is 273 g/mol. The van der Waals surface area contributed by atoms with E-state index in [2.05, 4.69) is 34.0 Å². The lowest BCUT2D eigenvalue weighted by Gasteiger charge is -2.46. The molecular weight excluding hydrogens is 246 g/mol. The van der Waals surface area contributed by atoms with Gasteiger partial charge in [0.15, 0.2) is 0 Å². The first-order valence-electron chi connectivity index (χ1n) is 8.06. The molecule has 3 rings (SSSR count). The molecule has 0 aromatic carbocycles. The Morgan fingerprint density at radius 3 is 2.25 bits per heavy atom. The van der Waals surface area contributed by atoms with Crippen molar-refractivity contribution in [1.82, 2.24) is 14.8 Å². The Morgan fingerprint density at radius 2 is 1.60 bits per heavy atom. The van der Waals surface area contributed by atoms with Crippen LogP contribution >= 0.6 is 0 Å². The molecule has 0 N–H and O–H groups in total. The summed E-state index contributed by atoms with van der Waals surface area (Å²) in [7, 11) is 2.26. The van der Waals surface area contributed by atoms with Crippen LogP contribution in [-0.2, 0) is 6.42 Å². The highest BCUT2D eigenvalue weighted by molar-refractivity contribution is 5.10. The van der Waals surface area contributed by atoms with E-state index in [0.29, 0.717) is 5.41 Å². The fourth-order valence-corrected chi connectivity index (χ4v) is 3.68. The van der Waals surface area contributed by atoms with Gasteiger partial charge in [-0.2, -0.15) is 0 Å². The molecule has 1 spiro atoms. The second-order valence-corrected chi connectivity index (χ2v) is 6.75. The first-order chi connectivity index (χ1) is 9.76. The summed E-state index contributed by atoms with van der Waals surface area (Å²) in [6, 6.07) is 4.28. The van der Waals surface area contributed by atoms with E-state index in [1.165, 1.54) is 64.0 Å². The Hall–Kier alpha value is -0.930. The van der Waals surface area contributed by atoms with Gasteiger partial charge in [0.1, 0.15) is 0 Å². The standard InChI is InChI=1S/C17H27N3/c1-19-12-5-17(6-13-19)7-14-20(15-8-17)11-4-16-2-9-18-10-3-16/h2-3,9-10H,4-8,11-15H2,1H3. The molecule has 0 saturated carbocycles. The van der Waals surface area contributed by atoms with Crippen LogP contribution in [0.1, 0.15) is 31.2 Å². The third-order valence-corrected chi connectivity index (χ3v) is 5.43. The van der Waals surface area contributed by atoms with Gasteiger partial charge in [-0.05, 0) is 88.4 Å². The van der Waals surface area contributed by atoms with Gasteiger partial charge in [-0.3, -0.25) is 4.98 Å². The molecule has 3 heteroatoms. The second-order valence-electron chi connectivity index (χ2n) is 6.75. The third kappa shape index (κ3) is 3.39. The summed E-state index contributed by atoms with van der Waals surface area (Å²) < 4.78 is 0. The molecule has 1 aromatic rings. The van der Waals surface area contributed by atoms with Crippen LogP contribution in [0.2, 0.25) is 0 Å². The van der Waals surface area contributed by atoms with Crippen LogP contribution < -0.4 is 0 Å². The molecule has 1 aromatic heterocycles. The maximum Gasteiger partial charge on any atom is 0.0270 e. The van der Waals surface area contributed by atoms with E-state index in [4.69, 9.17) is 0 Å². The number of nitrogens with zero attached hydrogens (tertiary/aromatic N) is 3. The summed E-state index contributed by atoms with van der Waals surface area (Å²) in [5.74, 6) is 0. The third-order valence-electron chi connectivity index (χ3n) is 5.43. The van der Waals surface area contributed by atoms with Gasteiger partial charge in [-0.25, -0.2) is 0 Å². The maximum absolute atomic E-state index is 4.09. The van der Waals surface area contributed by atoms with Gasteiger partial charge in [-0.1, -0.05) is 0 Å². The van der Waals surface area contributed by atoms with Gasteiger partial charge in [-0.15, -0.1) is 0 Å². The Labute approximate surface area is 123 Å². The van der Waals surface area contributed by atoms with Gasteiger partial charge < -0.3 is 9.80 Å². The quantitative estimate of drug-likeness (QED) is 0.843. The van der Waals surface area contributed by atoms with Gasteiger partial charge >= 0.3 is 0 Å². The zero-order valence-corrected chi connectivity index (χ0v) is 12.7. The van der Waals surface area contributed by atoms with Crippen LogP contribution in [0.5, 0.6) is 0 Å². The Morgan fingerprint density at radius 1 is 1.00 bits per heavy atom. The average Bonchev–Trinajstić information content (AvgIpc) is 2.51. The van der Waals surface area contributed by atoms with E-state index in [1.807, 2.05) is 12.4 Å². The Bertz CT molecular complexity index is 400. The number of hydrogen-bond donors (Lipinski definition) is 0. The molecule has 20 heavy (non-hydrogen) atoms. The highest BCUT2D eigenvalue weighted by Crippen LogP contribution is 2.40. The van der Waals surface area contributed by atoms with Crippen LogP contribution in [0.3, 0.4) is 0 Å². The summed E-state index contributed by atoms with van der Waals surface area (Å²) >= 11 is 0. The largest absolute Gasteiger partial charge is 0.306 e. The lowest BCUT2D eigenvalue weighted by Crippen LogP contribution is -2.46. The summed E-state index contributed by atoms with van der Waals surface area (Å²) in [5.41, 5.74) is 2.10. The zero-order chi connectivity index (χ0) is 13.8. The number of pyridine rings is 1. The first-order valence-corrected chi connectivity index (χ1v) is 8.06. The van der Waals surface area contributed by atoms with Crippen molar-refractivity contribution in [3.8, 4) is 0 Å². The number of rotatable bonds is 3. The van der Waals surface area contributed by atoms with Crippen LogP contribution in [0.4, 0.5) is 0 Å². The summed E-state index contributed by atoms with van der Waals surface area (Å²) in [6.07, 6.45) is 10.6. The van der Waals surface area contributed by atoms with Crippen molar-refractivity contribution in [3.63, 3.8) is 0 Å². The summed E-state index contributed by atoms with van der Waals surface area (Å²) in [5, 5.41) is 0. The van der Waals surface area contributed by atoms with Crippen LogP contribution in [0, 0.1) is 5.41 Å². The van der Waals surface area contributed by atoms with E-state index in [0.717, 1.165) is 6.42 Å². The Kier molecular flexibility index (Phi) is 4.37. The van der Waals surface area contributed by atoms with Crippen LogP contribution in [0.15, 0.2) is 24.5 Å². The molecule has 2 aliphatic heterocycles. The molecule has 0 amide bonds. The second kappa shape index (κ2) is 6.23. The lowest BCUT2D eigenvalue weighted by molar-refractivity contribution is 0.0433. The molecule has 3 heterocycles. The number of aromatic nitrogens is 1. The molecule has 0 atom stereocenters. The molecule has 2 saturated heterocycles. The number of hydrogen-bond acceptors (Lipinski definition) is 3. The van der Waals surface area contributed by atoms with Gasteiger partial charge in [0.25, 0.3) is 0 Å². The predicted molar refractivity (Wildman–Crippen MR) is 82.8 cm³/mol. The average molecular weight is 273 g/mol. The van der Waals surface area contributed by atoms with Crippen molar-refractivity contribution in [3.05, 3.63) is 30.1 Å². The fraction of sp³-hybridized carbons (Fsp3) is 0.706. The minimum Gasteiger partial charge on any atom is -0.306 e. The van der Waals surface area contributed by atoms with E-state index < -0.39 is 0 Å². The molecule has 2 aliphatic rings. The normalized spacial score (nSPS) is 24.1. The van der Waals surface area contributed by atoms with Crippen LogP contribution in [0.25, 0.3) is 0 Å². The van der Waals surface area contributed by atoms with Crippen LogP contribution in [-0.4, -0.2) is 54.6 Å². The van der Waals surface area contributed by atoms with Crippen molar-refractivity contribution in [2.75, 3.05) is 39.8 Å². The summed E-state index contributed by atoms with van der Waals surface area (Å²) in [6.45, 7) is 6.41. The van der Waals surface area contributed by atoms with E-state index in [1.54, 1.807) is 0 Å². The molecule has 3 nitrogen and oxygen atoms in total. The van der Waals surface area contributed by atoms with Gasteiger partial charge in [0.2, 0.25) is 0 Å². The molecule has 110 valence electrons. The first kappa shape index (κ1) is 14.0. The van der Waals surface area contributed by atoms with Crippen molar-refractivity contribution < 1.29 is 0 Å². The lowest BCUT2D eigenvalue weighted by atomic mass is 9.71. The predicted octanol–water partition coefficient (Wildman–Crippen LogP) is 2.43. The van der Waals surface area contributed by atoms with E-state index >= 15 is 0 Å². The Balaban J connectivity index is 1.44. The zero-order valence-electron chi connectivity index (χ0n) is 12.7. The molecule has 2 fully saturated rings. The van der Waals surface area contributed by atoms with Crippen molar-refractivity contribution in [2.24, 2.45) is 5.41 Å². The van der Waals surface area contributed by atoms with E-state index in [9.17, 15) is 0 Å². The molecular formula is C17H27N3. The number of likely N-dealkylation sites (tertiary alicyclic amines) is 2. The minimum atomic E-state index is 0.680. The molecule has 0 bridgehead atoms. The molecule has 0 unspecified atom stereocenters. The number of piperidine rings is 2. The highest BCUT2D eigenvalue weighted by Gasteiger charge is 2.36. The van der Waals surface area contributed by atoms with E-state index in [-0.39, 0.29) is 0 Å². The smallest absolute Gasteiger partial charge is 0.0270 e. The summed E-state index contributed by atoms with van der Waals surface area (Å²) in [4.78, 5) is 9.23. The van der Waals surface area contributed by atoms with Gasteiger partial charge in [0.05, 0.1) is 0 Å². The molecule has 0 aliphatic carbocycles. The van der Waals surface area contributed by atoms with Gasteiger partial charge in [0, 0.05) is 18.9 Å². The van der Waals surface area contributed by atoms with Crippen molar-refractivity contribution in [1.29, 1.82) is 0 Å². The maximum atomic E-state index is 4.09. The van der Waals surface area contributed by atoms with Crippen molar-refractivity contribution in [2.45, 2.75) is 32.1 Å². The fourth-order valence-electron chi connectivity index (χ4n) is 3.68. The SMILES string of the molecule is CN1CCC2(CC1)CCN(CCc1ccncc1)CC2. The molecule has 0 radical (unpaired) electrons.